The van der Waals surface area contributed by atoms with E-state index in [1.54, 1.807) is 12.7 Å². The molecule has 32 heavy (non-hydrogen) atoms. The zero-order valence-electron chi connectivity index (χ0n) is 16.7. The van der Waals surface area contributed by atoms with Crippen molar-refractivity contribution in [2.45, 2.75) is 48.8 Å². The molecule has 0 aliphatic heterocycles. The first-order valence-electron chi connectivity index (χ1n) is 9.78. The molecule has 2 heterocycles. The number of rotatable bonds is 5. The number of aromatic nitrogens is 5. The van der Waals surface area contributed by atoms with Crippen molar-refractivity contribution in [3.05, 3.63) is 48.8 Å². The van der Waals surface area contributed by atoms with Crippen LogP contribution in [0, 0.1) is 0 Å². The summed E-state index contributed by atoms with van der Waals surface area (Å²) in [7, 11) is -4.24. The van der Waals surface area contributed by atoms with Crippen LogP contribution in [0.15, 0.2) is 48.1 Å². The molecule has 1 fully saturated rings. The molecule has 0 saturated heterocycles. The van der Waals surface area contributed by atoms with Gasteiger partial charge in [0.15, 0.2) is 0 Å². The molecular weight excluding hydrogens is 447 g/mol. The smallest absolute Gasteiger partial charge is 0.382 e. The van der Waals surface area contributed by atoms with Crippen LogP contribution in [0.5, 0.6) is 0 Å². The van der Waals surface area contributed by atoms with Gasteiger partial charge in [-0.3, -0.25) is 4.98 Å². The lowest BCUT2D eigenvalue weighted by Crippen LogP contribution is -2.38. The van der Waals surface area contributed by atoms with Gasteiger partial charge in [0.1, 0.15) is 18.5 Å². The second-order valence-corrected chi connectivity index (χ2v) is 9.33. The summed E-state index contributed by atoms with van der Waals surface area (Å²) in [4.78, 5) is 7.29. The predicted molar refractivity (Wildman–Crippen MR) is 109 cm³/mol. The van der Waals surface area contributed by atoms with Crippen molar-refractivity contribution in [1.29, 1.82) is 0 Å². The van der Waals surface area contributed by atoms with Crippen molar-refractivity contribution >= 4 is 15.8 Å². The molecule has 2 atom stereocenters. The Kier molecular flexibility index (Phi) is 5.86. The highest BCUT2D eigenvalue weighted by Gasteiger charge is 2.34. The topological polar surface area (TPSA) is 129 Å². The molecule has 1 aromatic carbocycles. The molecule has 1 aliphatic rings. The molecule has 3 N–H and O–H groups in total. The molecule has 2 aromatic heterocycles. The van der Waals surface area contributed by atoms with Crippen LogP contribution < -0.4 is 10.5 Å². The summed E-state index contributed by atoms with van der Waals surface area (Å²) in [5.41, 5.74) is 4.43. The van der Waals surface area contributed by atoms with E-state index in [2.05, 4.69) is 24.9 Å². The van der Waals surface area contributed by atoms with Crippen molar-refractivity contribution in [3.63, 3.8) is 0 Å². The number of sulfonamides is 1. The Morgan fingerprint density at radius 3 is 2.47 bits per heavy atom. The van der Waals surface area contributed by atoms with Crippen LogP contribution in [0.1, 0.15) is 37.3 Å². The SMILES string of the molecule is Nc1cnc(-c2cc(C(F)(F)F)cc(S(=O)(=O)N[C@H]3CCC[C@@H](n4cnnc4)C3)c2)cn1. The highest BCUT2D eigenvalue weighted by molar-refractivity contribution is 7.89. The highest BCUT2D eigenvalue weighted by atomic mass is 32.2. The molecule has 0 bridgehead atoms. The van der Waals surface area contributed by atoms with Crippen molar-refractivity contribution in [2.24, 2.45) is 0 Å². The van der Waals surface area contributed by atoms with Crippen LogP contribution in [-0.2, 0) is 16.2 Å². The number of benzene rings is 1. The zero-order valence-corrected chi connectivity index (χ0v) is 17.5. The monoisotopic (exact) mass is 467 g/mol. The van der Waals surface area contributed by atoms with Gasteiger partial charge in [-0.1, -0.05) is 0 Å². The van der Waals surface area contributed by atoms with Crippen LogP contribution in [0.4, 0.5) is 19.0 Å². The minimum atomic E-state index is -4.74. The van der Waals surface area contributed by atoms with E-state index in [1.807, 2.05) is 4.57 Å². The first-order chi connectivity index (χ1) is 15.1. The van der Waals surface area contributed by atoms with E-state index in [4.69, 9.17) is 5.73 Å². The van der Waals surface area contributed by atoms with Crippen LogP contribution in [0.3, 0.4) is 0 Å². The third-order valence-electron chi connectivity index (χ3n) is 5.34. The fraction of sp³-hybridized carbons (Fsp3) is 0.368. The van der Waals surface area contributed by atoms with Crippen LogP contribution in [-0.4, -0.2) is 39.2 Å². The molecule has 0 spiro atoms. The number of nitrogens with one attached hydrogen (secondary N) is 1. The van der Waals surface area contributed by atoms with E-state index in [1.165, 1.54) is 12.4 Å². The summed E-state index contributed by atoms with van der Waals surface area (Å²) >= 11 is 0. The molecule has 1 saturated carbocycles. The lowest BCUT2D eigenvalue weighted by atomic mass is 9.91. The molecule has 170 valence electrons. The van der Waals surface area contributed by atoms with Crippen LogP contribution >= 0.6 is 0 Å². The zero-order chi connectivity index (χ0) is 22.9. The molecular formula is C19H20F3N7O2S. The maximum Gasteiger partial charge on any atom is 0.416 e. The first-order valence-corrected chi connectivity index (χ1v) is 11.3. The minimum Gasteiger partial charge on any atom is -0.382 e. The van der Waals surface area contributed by atoms with Gasteiger partial charge in [0, 0.05) is 17.6 Å². The Labute approximate surface area is 182 Å². The summed E-state index contributed by atoms with van der Waals surface area (Å²) in [5.74, 6) is 0.0928. The molecule has 13 heteroatoms. The summed E-state index contributed by atoms with van der Waals surface area (Å²) in [6, 6.07) is 2.18. The number of nitrogens with zero attached hydrogens (tertiary/aromatic N) is 5. The molecule has 4 rings (SSSR count). The van der Waals surface area contributed by atoms with E-state index in [-0.39, 0.29) is 23.1 Å². The third kappa shape index (κ3) is 4.88. The maximum absolute atomic E-state index is 13.5. The Bertz CT molecular complexity index is 1180. The molecule has 3 aromatic rings. The van der Waals surface area contributed by atoms with Gasteiger partial charge in [0.25, 0.3) is 0 Å². The van der Waals surface area contributed by atoms with Gasteiger partial charge in [-0.15, -0.1) is 10.2 Å². The standard InChI is InChI=1S/C19H20F3N7O2S/c20-19(21,22)13-4-12(17-8-25-18(23)9-24-17)5-16(6-13)32(30,31)28-14-2-1-3-15(7-14)29-10-26-27-11-29/h4-6,8-11,14-15,28H,1-3,7H2,(H2,23,25)/t14-,15+/m0/s1. The van der Waals surface area contributed by atoms with Gasteiger partial charge in [-0.2, -0.15) is 13.2 Å². The quantitative estimate of drug-likeness (QED) is 0.590. The lowest BCUT2D eigenvalue weighted by molar-refractivity contribution is -0.137. The number of hydrogen-bond acceptors (Lipinski definition) is 7. The van der Waals surface area contributed by atoms with E-state index < -0.39 is 32.7 Å². The highest BCUT2D eigenvalue weighted by Crippen LogP contribution is 2.35. The van der Waals surface area contributed by atoms with Crippen molar-refractivity contribution in [1.82, 2.24) is 29.5 Å². The normalized spacial score (nSPS) is 19.7. The summed E-state index contributed by atoms with van der Waals surface area (Å²) in [6.07, 6.45) is 3.41. The second-order valence-electron chi connectivity index (χ2n) is 7.62. The summed E-state index contributed by atoms with van der Waals surface area (Å²) in [6.45, 7) is 0. The Hall–Kier alpha value is -3.06. The summed E-state index contributed by atoms with van der Waals surface area (Å²) < 4.78 is 71.0. The fourth-order valence-electron chi connectivity index (χ4n) is 3.78. The minimum absolute atomic E-state index is 0.00794. The Morgan fingerprint density at radius 2 is 1.81 bits per heavy atom. The molecule has 1 aliphatic carbocycles. The Morgan fingerprint density at radius 1 is 1.06 bits per heavy atom. The predicted octanol–water partition coefficient (Wildman–Crippen LogP) is 2.80. The van der Waals surface area contributed by atoms with Gasteiger partial charge in [0.2, 0.25) is 10.0 Å². The van der Waals surface area contributed by atoms with Gasteiger partial charge in [-0.25, -0.2) is 18.1 Å². The third-order valence-corrected chi connectivity index (χ3v) is 6.84. The number of nitrogen functional groups attached to an aromatic ring is 1. The van der Waals surface area contributed by atoms with Crippen LogP contribution in [0.2, 0.25) is 0 Å². The van der Waals surface area contributed by atoms with Gasteiger partial charge < -0.3 is 10.3 Å². The average molecular weight is 467 g/mol. The second kappa shape index (κ2) is 8.47. The number of alkyl halides is 3. The number of nitrogens with two attached hydrogens (primary N) is 1. The fourth-order valence-corrected chi connectivity index (χ4v) is 5.13. The van der Waals surface area contributed by atoms with Gasteiger partial charge >= 0.3 is 6.18 Å². The van der Waals surface area contributed by atoms with E-state index >= 15 is 0 Å². The van der Waals surface area contributed by atoms with Gasteiger partial charge in [0.05, 0.1) is 28.5 Å². The average Bonchev–Trinajstić information content (AvgIpc) is 3.28. The first kappa shape index (κ1) is 22.1. The van der Waals surface area contributed by atoms with Crippen LogP contribution in [0.25, 0.3) is 11.3 Å². The number of anilines is 1. The largest absolute Gasteiger partial charge is 0.416 e. The molecule has 0 unspecified atom stereocenters. The Balaban J connectivity index is 1.64. The number of halogens is 3. The number of hydrogen-bond donors (Lipinski definition) is 2. The summed E-state index contributed by atoms with van der Waals surface area (Å²) in [5, 5.41) is 7.54. The molecule has 0 amide bonds. The van der Waals surface area contributed by atoms with Crippen molar-refractivity contribution in [2.75, 3.05) is 5.73 Å². The maximum atomic E-state index is 13.5. The van der Waals surface area contributed by atoms with Crippen molar-refractivity contribution < 1.29 is 21.6 Å². The molecule has 0 radical (unpaired) electrons. The molecule has 9 nitrogen and oxygen atoms in total. The van der Waals surface area contributed by atoms with Crippen molar-refractivity contribution in [3.8, 4) is 11.3 Å². The van der Waals surface area contributed by atoms with E-state index in [0.29, 0.717) is 18.9 Å². The van der Waals surface area contributed by atoms with Gasteiger partial charge in [-0.05, 0) is 43.9 Å². The lowest BCUT2D eigenvalue weighted by Gasteiger charge is -2.30. The van der Waals surface area contributed by atoms with E-state index in [0.717, 1.165) is 25.0 Å². The van der Waals surface area contributed by atoms with E-state index in [9.17, 15) is 21.6 Å².